The summed E-state index contributed by atoms with van der Waals surface area (Å²) in [6.07, 6.45) is 1.50. The van der Waals surface area contributed by atoms with Crippen molar-refractivity contribution >= 4 is 17.4 Å². The van der Waals surface area contributed by atoms with Gasteiger partial charge in [-0.05, 0) is 25.0 Å². The summed E-state index contributed by atoms with van der Waals surface area (Å²) in [6.45, 7) is 3.50. The van der Waals surface area contributed by atoms with E-state index in [2.05, 4.69) is 33.6 Å². The summed E-state index contributed by atoms with van der Waals surface area (Å²) in [7, 11) is 0. The van der Waals surface area contributed by atoms with E-state index in [9.17, 15) is 4.79 Å². The highest BCUT2D eigenvalue weighted by Crippen LogP contribution is 2.27. The molecular weight excluding hydrogens is 254 g/mol. The van der Waals surface area contributed by atoms with Crippen LogP contribution in [0.4, 0.5) is 11.5 Å². The van der Waals surface area contributed by atoms with E-state index in [0.29, 0.717) is 18.0 Å². The van der Waals surface area contributed by atoms with Crippen molar-refractivity contribution in [1.29, 1.82) is 0 Å². The van der Waals surface area contributed by atoms with E-state index in [4.69, 9.17) is 4.52 Å². The second-order valence-corrected chi connectivity index (χ2v) is 4.99. The standard InChI is InChI=1S/C15H17N3O2/c1-11-10-14(17-20-11)16-15(19)7-9-18-8-6-12-4-2-3-5-13(12)18/h2-5,10H,6-9H2,1H3,(H,16,17,19). The number of nitrogens with one attached hydrogen (secondary N) is 1. The highest BCUT2D eigenvalue weighted by molar-refractivity contribution is 5.90. The molecule has 1 aromatic carbocycles. The SMILES string of the molecule is Cc1cc(NC(=O)CCN2CCc3ccccc32)no1. The number of aryl methyl sites for hydroxylation is 1. The molecule has 0 bridgehead atoms. The van der Waals surface area contributed by atoms with Crippen LogP contribution in [-0.2, 0) is 11.2 Å². The van der Waals surface area contributed by atoms with Crippen molar-refractivity contribution < 1.29 is 9.32 Å². The molecule has 1 amide bonds. The Morgan fingerprint density at radius 1 is 1.45 bits per heavy atom. The number of carbonyl (C=O) groups is 1. The largest absolute Gasteiger partial charge is 0.370 e. The number of hydrogen-bond donors (Lipinski definition) is 1. The summed E-state index contributed by atoms with van der Waals surface area (Å²) in [5.41, 5.74) is 2.61. The van der Waals surface area contributed by atoms with E-state index in [1.807, 2.05) is 6.07 Å². The number of anilines is 2. The van der Waals surface area contributed by atoms with E-state index in [0.717, 1.165) is 19.5 Å². The van der Waals surface area contributed by atoms with Crippen molar-refractivity contribution in [2.24, 2.45) is 0 Å². The fraction of sp³-hybridized carbons (Fsp3) is 0.333. The molecule has 0 atom stereocenters. The van der Waals surface area contributed by atoms with Gasteiger partial charge in [0.05, 0.1) is 0 Å². The van der Waals surface area contributed by atoms with Gasteiger partial charge in [0.2, 0.25) is 5.91 Å². The molecule has 5 nitrogen and oxygen atoms in total. The van der Waals surface area contributed by atoms with Crippen LogP contribution >= 0.6 is 0 Å². The first-order valence-electron chi connectivity index (χ1n) is 6.78. The molecule has 2 heterocycles. The number of amides is 1. The molecule has 0 saturated carbocycles. The summed E-state index contributed by atoms with van der Waals surface area (Å²) in [4.78, 5) is 14.1. The predicted octanol–water partition coefficient (Wildman–Crippen LogP) is 2.37. The average molecular weight is 271 g/mol. The van der Waals surface area contributed by atoms with Crippen molar-refractivity contribution in [3.05, 3.63) is 41.7 Å². The van der Waals surface area contributed by atoms with Crippen molar-refractivity contribution in [1.82, 2.24) is 5.16 Å². The molecule has 1 aliphatic rings. The predicted molar refractivity (Wildman–Crippen MR) is 76.8 cm³/mol. The van der Waals surface area contributed by atoms with Crippen molar-refractivity contribution in [2.75, 3.05) is 23.3 Å². The molecule has 0 fully saturated rings. The first-order valence-corrected chi connectivity index (χ1v) is 6.78. The zero-order valence-electron chi connectivity index (χ0n) is 11.4. The topological polar surface area (TPSA) is 58.4 Å². The van der Waals surface area contributed by atoms with Gasteiger partial charge in [-0.1, -0.05) is 23.4 Å². The third-order valence-electron chi connectivity index (χ3n) is 3.49. The number of para-hydroxylation sites is 1. The third kappa shape index (κ3) is 2.66. The Labute approximate surface area is 117 Å². The van der Waals surface area contributed by atoms with Gasteiger partial charge in [0.15, 0.2) is 5.82 Å². The molecule has 0 aliphatic carbocycles. The molecule has 1 aromatic heterocycles. The molecule has 0 spiro atoms. The number of benzene rings is 1. The Morgan fingerprint density at radius 3 is 3.10 bits per heavy atom. The fourth-order valence-corrected chi connectivity index (χ4v) is 2.51. The summed E-state index contributed by atoms with van der Waals surface area (Å²) < 4.78 is 4.91. The minimum Gasteiger partial charge on any atom is -0.370 e. The van der Waals surface area contributed by atoms with Gasteiger partial charge in [-0.2, -0.15) is 0 Å². The van der Waals surface area contributed by atoms with Gasteiger partial charge in [-0.25, -0.2) is 0 Å². The number of fused-ring (bicyclic) bond motifs is 1. The van der Waals surface area contributed by atoms with Gasteiger partial charge >= 0.3 is 0 Å². The average Bonchev–Trinajstić information content (AvgIpc) is 3.03. The summed E-state index contributed by atoms with van der Waals surface area (Å²) >= 11 is 0. The lowest BCUT2D eigenvalue weighted by Crippen LogP contribution is -2.26. The number of aromatic nitrogens is 1. The minimum atomic E-state index is -0.0392. The molecule has 1 aliphatic heterocycles. The van der Waals surface area contributed by atoms with Crippen LogP contribution in [-0.4, -0.2) is 24.2 Å². The lowest BCUT2D eigenvalue weighted by molar-refractivity contribution is -0.116. The maximum atomic E-state index is 11.9. The zero-order chi connectivity index (χ0) is 13.9. The zero-order valence-corrected chi connectivity index (χ0v) is 11.4. The second-order valence-electron chi connectivity index (χ2n) is 4.99. The van der Waals surface area contributed by atoms with E-state index in [-0.39, 0.29) is 5.91 Å². The van der Waals surface area contributed by atoms with Gasteiger partial charge in [0.1, 0.15) is 5.76 Å². The summed E-state index contributed by atoms with van der Waals surface area (Å²) in [5.74, 6) is 1.13. The Morgan fingerprint density at radius 2 is 2.30 bits per heavy atom. The molecule has 3 rings (SSSR count). The fourth-order valence-electron chi connectivity index (χ4n) is 2.51. The van der Waals surface area contributed by atoms with Crippen LogP contribution < -0.4 is 10.2 Å². The van der Waals surface area contributed by atoms with Crippen LogP contribution in [0, 0.1) is 6.92 Å². The third-order valence-corrected chi connectivity index (χ3v) is 3.49. The molecule has 104 valence electrons. The van der Waals surface area contributed by atoms with Crippen LogP contribution in [0.1, 0.15) is 17.7 Å². The van der Waals surface area contributed by atoms with E-state index >= 15 is 0 Å². The Bertz CT molecular complexity index is 621. The molecular formula is C15H17N3O2. The highest BCUT2D eigenvalue weighted by atomic mass is 16.5. The minimum absolute atomic E-state index is 0.0392. The van der Waals surface area contributed by atoms with Crippen LogP contribution in [0.15, 0.2) is 34.9 Å². The lowest BCUT2D eigenvalue weighted by atomic mass is 10.2. The monoisotopic (exact) mass is 271 g/mol. The van der Waals surface area contributed by atoms with Gasteiger partial charge in [0.25, 0.3) is 0 Å². The van der Waals surface area contributed by atoms with Gasteiger partial charge in [0, 0.05) is 31.3 Å². The maximum Gasteiger partial charge on any atom is 0.227 e. The Balaban J connectivity index is 1.54. The Hall–Kier alpha value is -2.30. The second kappa shape index (κ2) is 5.36. The van der Waals surface area contributed by atoms with E-state index in [1.165, 1.54) is 11.3 Å². The van der Waals surface area contributed by atoms with Gasteiger partial charge < -0.3 is 14.7 Å². The first-order chi connectivity index (χ1) is 9.72. The van der Waals surface area contributed by atoms with Crippen LogP contribution in [0.3, 0.4) is 0 Å². The van der Waals surface area contributed by atoms with Crippen molar-refractivity contribution in [3.63, 3.8) is 0 Å². The summed E-state index contributed by atoms with van der Waals surface area (Å²) in [6, 6.07) is 10.1. The van der Waals surface area contributed by atoms with E-state index in [1.54, 1.807) is 13.0 Å². The molecule has 0 radical (unpaired) electrons. The number of rotatable bonds is 4. The molecule has 1 N–H and O–H groups in total. The molecule has 5 heteroatoms. The summed E-state index contributed by atoms with van der Waals surface area (Å²) in [5, 5.41) is 6.49. The maximum absolute atomic E-state index is 11.9. The van der Waals surface area contributed by atoms with Crippen LogP contribution in [0.2, 0.25) is 0 Å². The highest BCUT2D eigenvalue weighted by Gasteiger charge is 2.18. The van der Waals surface area contributed by atoms with Crippen LogP contribution in [0.25, 0.3) is 0 Å². The normalized spacial score (nSPS) is 13.3. The van der Waals surface area contributed by atoms with Crippen molar-refractivity contribution in [3.8, 4) is 0 Å². The van der Waals surface area contributed by atoms with Gasteiger partial charge in [-0.15, -0.1) is 0 Å². The Kier molecular flexibility index (Phi) is 3.41. The number of nitrogens with zero attached hydrogens (tertiary/aromatic N) is 2. The number of carbonyl (C=O) groups excluding carboxylic acids is 1. The quantitative estimate of drug-likeness (QED) is 0.927. The molecule has 0 unspecified atom stereocenters. The molecule has 0 saturated heterocycles. The van der Waals surface area contributed by atoms with Crippen molar-refractivity contribution in [2.45, 2.75) is 19.8 Å². The van der Waals surface area contributed by atoms with Crippen LogP contribution in [0.5, 0.6) is 0 Å². The smallest absolute Gasteiger partial charge is 0.227 e. The number of hydrogen-bond acceptors (Lipinski definition) is 4. The van der Waals surface area contributed by atoms with Gasteiger partial charge in [-0.3, -0.25) is 4.79 Å². The van der Waals surface area contributed by atoms with E-state index < -0.39 is 0 Å². The molecule has 2 aromatic rings. The lowest BCUT2D eigenvalue weighted by Gasteiger charge is -2.18. The molecule has 20 heavy (non-hydrogen) atoms. The first kappa shape index (κ1) is 12.7.